The summed E-state index contributed by atoms with van der Waals surface area (Å²) >= 11 is 13.5. The predicted octanol–water partition coefficient (Wildman–Crippen LogP) is 4.32. The lowest BCUT2D eigenvalue weighted by Crippen LogP contribution is -2.42. The van der Waals surface area contributed by atoms with Gasteiger partial charge in [-0.1, -0.05) is 28.4 Å². The molecule has 210 valence electrons. The zero-order valence-electron chi connectivity index (χ0n) is 22.3. The van der Waals surface area contributed by atoms with E-state index in [0.717, 1.165) is 0 Å². The molecule has 39 heavy (non-hydrogen) atoms. The van der Waals surface area contributed by atoms with Gasteiger partial charge in [0.25, 0.3) is 0 Å². The normalized spacial score (nSPS) is 14.8. The molecule has 13 heteroatoms. The van der Waals surface area contributed by atoms with Crippen LogP contribution in [0.1, 0.15) is 24.3 Å². The molecule has 0 radical (unpaired) electrons. The number of aliphatic hydroxyl groups is 1. The minimum atomic E-state index is -0.673. The second-order valence-corrected chi connectivity index (χ2v) is 10.1. The minimum Gasteiger partial charge on any atom is -0.491 e. The maximum Gasteiger partial charge on any atom is 0.409 e. The van der Waals surface area contributed by atoms with Gasteiger partial charge in [0.1, 0.15) is 40.8 Å². The van der Waals surface area contributed by atoms with Gasteiger partial charge in [-0.05, 0) is 51.9 Å². The summed E-state index contributed by atoms with van der Waals surface area (Å²) in [5.41, 5.74) is 2.30. The quantitative estimate of drug-likeness (QED) is 0.336. The molecule has 11 nitrogen and oxygen atoms in total. The number of halogens is 2. The second kappa shape index (κ2) is 12.8. The number of piperidine rings is 1. The molecule has 1 saturated heterocycles. The minimum absolute atomic E-state index is 0.0162. The van der Waals surface area contributed by atoms with Crippen molar-refractivity contribution in [1.29, 1.82) is 0 Å². The van der Waals surface area contributed by atoms with Crippen molar-refractivity contribution in [3.05, 3.63) is 39.7 Å². The van der Waals surface area contributed by atoms with Crippen LogP contribution in [0.5, 0.6) is 5.75 Å². The maximum atomic E-state index is 11.9. The van der Waals surface area contributed by atoms with Crippen LogP contribution in [-0.2, 0) is 4.74 Å². The first-order valence-electron chi connectivity index (χ1n) is 12.6. The second-order valence-electron chi connectivity index (χ2n) is 9.30. The van der Waals surface area contributed by atoms with Crippen LogP contribution in [0, 0.1) is 13.8 Å². The molecule has 4 rings (SSSR count). The third-order valence-corrected chi connectivity index (χ3v) is 7.14. The van der Waals surface area contributed by atoms with E-state index in [1.165, 1.54) is 7.11 Å². The van der Waals surface area contributed by atoms with Crippen molar-refractivity contribution in [2.75, 3.05) is 45.7 Å². The van der Waals surface area contributed by atoms with Crippen LogP contribution in [0.4, 0.5) is 10.6 Å². The summed E-state index contributed by atoms with van der Waals surface area (Å²) in [7, 11) is 3.13. The van der Waals surface area contributed by atoms with Gasteiger partial charge in [0.05, 0.1) is 23.4 Å². The fourth-order valence-electron chi connectivity index (χ4n) is 4.43. The average molecular weight is 579 g/mol. The number of anilines is 1. The van der Waals surface area contributed by atoms with Gasteiger partial charge in [-0.2, -0.15) is 0 Å². The molecule has 3 aromatic rings. The van der Waals surface area contributed by atoms with Crippen LogP contribution in [-0.4, -0.2) is 83.8 Å². The zero-order chi connectivity index (χ0) is 28.1. The molecule has 2 aromatic heterocycles. The monoisotopic (exact) mass is 578 g/mol. The SMILES string of the molecule is CNCC(O)COc1ccc(Cl)c(-c2nc(NC3CCN(C(=O)OC)CC3)c(Cl)c(-c3c(C)noc3C)n2)c1. The van der Waals surface area contributed by atoms with E-state index < -0.39 is 6.10 Å². The molecule has 1 fully saturated rings. The number of hydrogen-bond acceptors (Lipinski definition) is 10. The number of rotatable bonds is 9. The number of carbonyl (C=O) groups excluding carboxylic acids is 1. The fraction of sp³-hybridized carbons (Fsp3) is 0.462. The van der Waals surface area contributed by atoms with Crippen LogP contribution in [0.15, 0.2) is 22.7 Å². The topological polar surface area (TPSA) is 135 Å². The van der Waals surface area contributed by atoms with Crippen LogP contribution in [0.25, 0.3) is 22.6 Å². The Labute approximate surface area is 236 Å². The van der Waals surface area contributed by atoms with Gasteiger partial charge >= 0.3 is 6.09 Å². The molecule has 0 saturated carbocycles. The maximum absolute atomic E-state index is 11.9. The molecule has 1 amide bonds. The molecule has 1 unspecified atom stereocenters. The standard InChI is InChI=1S/C26H32Cl2N6O5/c1-14-21(15(2)39-33-14)23-22(28)25(30-16-7-9-34(10-8-16)26(36)37-4)32-24(31-23)19-11-18(5-6-20(19)27)38-13-17(35)12-29-3/h5-6,11,16-17,29,35H,7-10,12-13H2,1-4H3,(H,30,31,32). The van der Waals surface area contributed by atoms with Crippen molar-refractivity contribution in [3.63, 3.8) is 0 Å². The van der Waals surface area contributed by atoms with E-state index in [1.54, 1.807) is 37.1 Å². The van der Waals surface area contributed by atoms with E-state index in [4.69, 9.17) is 47.2 Å². The van der Waals surface area contributed by atoms with Gasteiger partial charge in [-0.25, -0.2) is 14.8 Å². The summed E-state index contributed by atoms with van der Waals surface area (Å²) in [5.74, 6) is 1.83. The van der Waals surface area contributed by atoms with E-state index in [2.05, 4.69) is 15.8 Å². The van der Waals surface area contributed by atoms with Gasteiger partial charge in [0.2, 0.25) is 0 Å². The Morgan fingerprint density at radius 2 is 2.00 bits per heavy atom. The van der Waals surface area contributed by atoms with Crippen molar-refractivity contribution in [2.45, 2.75) is 38.8 Å². The average Bonchev–Trinajstić information content (AvgIpc) is 3.27. The molecule has 3 heterocycles. The first-order chi connectivity index (χ1) is 18.7. The van der Waals surface area contributed by atoms with Crippen LogP contribution < -0.4 is 15.4 Å². The largest absolute Gasteiger partial charge is 0.491 e. The van der Waals surface area contributed by atoms with E-state index in [1.807, 2.05) is 6.92 Å². The highest BCUT2D eigenvalue weighted by Gasteiger charge is 2.27. The van der Waals surface area contributed by atoms with Gasteiger partial charge in [0.15, 0.2) is 5.82 Å². The molecule has 1 aliphatic heterocycles. The Morgan fingerprint density at radius 1 is 1.26 bits per heavy atom. The summed E-state index contributed by atoms with van der Waals surface area (Å²) in [6.07, 6.45) is 0.356. The number of aryl methyl sites for hydroxylation is 2. The van der Waals surface area contributed by atoms with Crippen molar-refractivity contribution < 1.29 is 23.9 Å². The summed E-state index contributed by atoms with van der Waals surface area (Å²) in [6.45, 7) is 5.20. The lowest BCUT2D eigenvalue weighted by atomic mass is 10.0. The lowest BCUT2D eigenvalue weighted by molar-refractivity contribution is 0.108. The van der Waals surface area contributed by atoms with E-state index in [0.29, 0.717) is 88.2 Å². The Balaban J connectivity index is 1.70. The van der Waals surface area contributed by atoms with Gasteiger partial charge in [0, 0.05) is 31.2 Å². The fourth-order valence-corrected chi connectivity index (χ4v) is 4.87. The third kappa shape index (κ3) is 6.73. The van der Waals surface area contributed by atoms with Gasteiger partial charge in [-0.15, -0.1) is 0 Å². The number of methoxy groups -OCH3 is 1. The van der Waals surface area contributed by atoms with Gasteiger partial charge in [-0.3, -0.25) is 0 Å². The molecule has 3 N–H and O–H groups in total. The highest BCUT2D eigenvalue weighted by Crippen LogP contribution is 2.39. The van der Waals surface area contributed by atoms with Gasteiger partial charge < -0.3 is 34.6 Å². The van der Waals surface area contributed by atoms with Crippen LogP contribution >= 0.6 is 23.2 Å². The number of benzene rings is 1. The summed E-state index contributed by atoms with van der Waals surface area (Å²) < 4.78 is 16.0. The van der Waals surface area contributed by atoms with E-state index >= 15 is 0 Å². The number of carbonyl (C=O) groups is 1. The number of likely N-dealkylation sites (N-methyl/N-ethyl adjacent to an activating group) is 1. The molecule has 0 spiro atoms. The Kier molecular flexibility index (Phi) is 9.49. The van der Waals surface area contributed by atoms with Crippen molar-refractivity contribution in [2.24, 2.45) is 0 Å². The zero-order valence-corrected chi connectivity index (χ0v) is 23.8. The Morgan fingerprint density at radius 3 is 2.64 bits per heavy atom. The molecule has 1 aliphatic rings. The molecular weight excluding hydrogens is 547 g/mol. The lowest BCUT2D eigenvalue weighted by Gasteiger charge is -2.31. The first-order valence-corrected chi connectivity index (χ1v) is 13.3. The number of nitrogens with one attached hydrogen (secondary N) is 2. The highest BCUT2D eigenvalue weighted by atomic mass is 35.5. The van der Waals surface area contributed by atoms with E-state index in [9.17, 15) is 9.90 Å². The molecular formula is C26H32Cl2N6O5. The van der Waals surface area contributed by atoms with Crippen LogP contribution in [0.2, 0.25) is 10.0 Å². The van der Waals surface area contributed by atoms with Crippen molar-refractivity contribution >= 4 is 35.1 Å². The van der Waals surface area contributed by atoms with Crippen molar-refractivity contribution in [1.82, 2.24) is 25.3 Å². The third-order valence-electron chi connectivity index (χ3n) is 6.45. The van der Waals surface area contributed by atoms with Crippen LogP contribution in [0.3, 0.4) is 0 Å². The predicted molar refractivity (Wildman–Crippen MR) is 149 cm³/mol. The number of nitrogens with zero attached hydrogens (tertiary/aromatic N) is 4. The molecule has 1 atom stereocenters. The number of likely N-dealkylation sites (tertiary alicyclic amines) is 1. The van der Waals surface area contributed by atoms with E-state index in [-0.39, 0.29) is 18.7 Å². The molecule has 1 aromatic carbocycles. The molecule has 0 bridgehead atoms. The number of aromatic nitrogens is 3. The number of aliphatic hydroxyl groups excluding tert-OH is 1. The summed E-state index contributed by atoms with van der Waals surface area (Å²) in [5, 5.41) is 21.2. The number of ether oxygens (including phenoxy) is 2. The summed E-state index contributed by atoms with van der Waals surface area (Å²) in [6, 6.07) is 5.16. The summed E-state index contributed by atoms with van der Waals surface area (Å²) in [4.78, 5) is 23.1. The Bertz CT molecular complexity index is 1290. The highest BCUT2D eigenvalue weighted by molar-refractivity contribution is 6.35. The number of hydrogen-bond donors (Lipinski definition) is 3. The first kappa shape index (κ1) is 28.9. The number of amides is 1. The van der Waals surface area contributed by atoms with Crippen molar-refractivity contribution in [3.8, 4) is 28.4 Å². The smallest absolute Gasteiger partial charge is 0.409 e. The molecule has 0 aliphatic carbocycles. The Hall–Kier alpha value is -3.12.